The van der Waals surface area contributed by atoms with Crippen LogP contribution < -0.4 is 4.74 Å². The largest absolute Gasteiger partial charge is 0.506 e. The first-order chi connectivity index (χ1) is 12.8. The summed E-state index contributed by atoms with van der Waals surface area (Å²) < 4.78 is 5.77. The van der Waals surface area contributed by atoms with Gasteiger partial charge in [0.25, 0.3) is 0 Å². The molecule has 1 N–H and O–H groups in total. The number of unbranched alkanes of at least 4 members (excludes halogenated alkanes) is 1. The van der Waals surface area contributed by atoms with Crippen molar-refractivity contribution < 1.29 is 9.84 Å². The highest BCUT2D eigenvalue weighted by atomic mass is 16.5. The van der Waals surface area contributed by atoms with Crippen LogP contribution in [-0.2, 0) is 13.0 Å². The van der Waals surface area contributed by atoms with E-state index in [1.807, 2.05) is 24.3 Å². The minimum atomic E-state index is 0.193. The summed E-state index contributed by atoms with van der Waals surface area (Å²) in [5.41, 5.74) is 3.56. The maximum atomic E-state index is 9.90. The van der Waals surface area contributed by atoms with Crippen LogP contribution in [0.15, 0.2) is 54.6 Å². The van der Waals surface area contributed by atoms with Crippen molar-refractivity contribution in [2.45, 2.75) is 25.8 Å². The Morgan fingerprint density at radius 1 is 0.962 bits per heavy atom. The molecule has 4 rings (SSSR count). The average Bonchev–Trinajstić information content (AvgIpc) is 2.68. The molecular weight excluding hydrogens is 324 g/mol. The van der Waals surface area contributed by atoms with Crippen molar-refractivity contribution in [3.63, 3.8) is 0 Å². The van der Waals surface area contributed by atoms with Gasteiger partial charge in [0, 0.05) is 24.5 Å². The minimum Gasteiger partial charge on any atom is -0.506 e. The van der Waals surface area contributed by atoms with E-state index in [1.165, 1.54) is 11.1 Å². The number of nitrogens with zero attached hydrogens (tertiary/aromatic N) is 2. The minimum absolute atomic E-state index is 0.193. The lowest BCUT2D eigenvalue weighted by Gasteiger charge is -2.28. The lowest BCUT2D eigenvalue weighted by molar-refractivity contribution is 0.233. The molecule has 0 unspecified atom stereocenters. The molecule has 0 saturated carbocycles. The molecular formula is C22H24N2O2. The highest BCUT2D eigenvalue weighted by Crippen LogP contribution is 2.24. The topological polar surface area (TPSA) is 45.6 Å². The number of rotatable bonds is 6. The summed E-state index contributed by atoms with van der Waals surface area (Å²) in [6, 6.07) is 17.9. The van der Waals surface area contributed by atoms with Gasteiger partial charge in [-0.2, -0.15) is 0 Å². The summed E-state index contributed by atoms with van der Waals surface area (Å²) in [6.45, 7) is 3.95. The molecule has 4 heteroatoms. The summed E-state index contributed by atoms with van der Waals surface area (Å²) in [4.78, 5) is 6.93. The van der Waals surface area contributed by atoms with Crippen LogP contribution in [0.1, 0.15) is 24.0 Å². The molecule has 0 amide bonds. The number of benzene rings is 2. The predicted molar refractivity (Wildman–Crippen MR) is 104 cm³/mol. The zero-order valence-electron chi connectivity index (χ0n) is 14.9. The van der Waals surface area contributed by atoms with Gasteiger partial charge in [-0.3, -0.25) is 4.90 Å². The molecule has 26 heavy (non-hydrogen) atoms. The summed E-state index contributed by atoms with van der Waals surface area (Å²) in [5.74, 6) is 0.768. The number of fused-ring (bicyclic) bond motifs is 2. The van der Waals surface area contributed by atoms with E-state index < -0.39 is 0 Å². The van der Waals surface area contributed by atoms with Crippen molar-refractivity contribution >= 4 is 10.9 Å². The van der Waals surface area contributed by atoms with Crippen LogP contribution in [0, 0.1) is 0 Å². The fourth-order valence-corrected chi connectivity index (χ4v) is 3.55. The number of pyridine rings is 1. The van der Waals surface area contributed by atoms with Gasteiger partial charge in [-0.25, -0.2) is 4.98 Å². The van der Waals surface area contributed by atoms with Gasteiger partial charge in [-0.05, 0) is 49.1 Å². The smallest absolute Gasteiger partial charge is 0.213 e. The number of hydrogen-bond acceptors (Lipinski definition) is 4. The maximum absolute atomic E-state index is 9.90. The third-order valence-electron chi connectivity index (χ3n) is 5.00. The molecule has 2 aromatic carbocycles. The Balaban J connectivity index is 1.23. The van der Waals surface area contributed by atoms with E-state index in [0.29, 0.717) is 18.0 Å². The lowest BCUT2D eigenvalue weighted by Crippen LogP contribution is -2.31. The molecule has 134 valence electrons. The maximum Gasteiger partial charge on any atom is 0.213 e. The first-order valence-corrected chi connectivity index (χ1v) is 9.30. The molecule has 0 radical (unpaired) electrons. The average molecular weight is 348 g/mol. The number of ether oxygens (including phenoxy) is 1. The molecule has 1 aliphatic rings. The van der Waals surface area contributed by atoms with Crippen LogP contribution in [0.5, 0.6) is 11.6 Å². The molecule has 3 aromatic rings. The second kappa shape index (κ2) is 7.75. The van der Waals surface area contributed by atoms with Crippen molar-refractivity contribution in [2.75, 3.05) is 19.7 Å². The Morgan fingerprint density at radius 3 is 2.77 bits per heavy atom. The SMILES string of the molecule is Oc1cccc2ccc(OCCCCN3CCc4ccccc4C3)nc12. The lowest BCUT2D eigenvalue weighted by atomic mass is 10.00. The summed E-state index contributed by atoms with van der Waals surface area (Å²) in [7, 11) is 0. The molecule has 1 aromatic heterocycles. The Morgan fingerprint density at radius 2 is 1.85 bits per heavy atom. The molecule has 2 heterocycles. The molecule has 0 bridgehead atoms. The molecule has 0 spiro atoms. The third-order valence-corrected chi connectivity index (χ3v) is 5.00. The summed E-state index contributed by atoms with van der Waals surface area (Å²) in [6.07, 6.45) is 3.26. The predicted octanol–water partition coefficient (Wildman–Crippen LogP) is 4.16. The number of phenolic OH excluding ortho intramolecular Hbond substituents is 1. The van der Waals surface area contributed by atoms with Crippen molar-refractivity contribution in [1.82, 2.24) is 9.88 Å². The zero-order valence-corrected chi connectivity index (χ0v) is 14.9. The highest BCUT2D eigenvalue weighted by molar-refractivity contribution is 5.84. The van der Waals surface area contributed by atoms with Crippen LogP contribution in [0.25, 0.3) is 10.9 Å². The van der Waals surface area contributed by atoms with Crippen LogP contribution in [-0.4, -0.2) is 34.7 Å². The molecule has 0 aliphatic carbocycles. The second-order valence-corrected chi connectivity index (χ2v) is 6.85. The number of aromatic nitrogens is 1. The van der Waals surface area contributed by atoms with Crippen LogP contribution in [0.3, 0.4) is 0 Å². The Bertz CT molecular complexity index is 894. The van der Waals surface area contributed by atoms with Gasteiger partial charge in [0.2, 0.25) is 5.88 Å². The van der Waals surface area contributed by atoms with Gasteiger partial charge in [-0.1, -0.05) is 36.4 Å². The number of hydrogen-bond donors (Lipinski definition) is 1. The molecule has 0 fully saturated rings. The van der Waals surface area contributed by atoms with Crippen molar-refractivity contribution in [3.05, 3.63) is 65.7 Å². The van der Waals surface area contributed by atoms with E-state index in [0.717, 1.165) is 44.3 Å². The van der Waals surface area contributed by atoms with Gasteiger partial charge < -0.3 is 9.84 Å². The van der Waals surface area contributed by atoms with Crippen LogP contribution in [0.2, 0.25) is 0 Å². The quantitative estimate of drug-likeness (QED) is 0.680. The Kier molecular flexibility index (Phi) is 5.02. The standard InChI is InChI=1S/C22H24N2O2/c25-20-9-5-8-18-10-11-21(23-22(18)20)26-15-4-3-13-24-14-12-17-6-1-2-7-19(17)16-24/h1-2,5-11,25H,3-4,12-16H2. The van der Waals surface area contributed by atoms with Crippen LogP contribution in [0.4, 0.5) is 0 Å². The van der Waals surface area contributed by atoms with Crippen molar-refractivity contribution in [1.29, 1.82) is 0 Å². The fraction of sp³-hybridized carbons (Fsp3) is 0.318. The first kappa shape index (κ1) is 16.9. The van der Waals surface area contributed by atoms with Crippen molar-refractivity contribution in [2.24, 2.45) is 0 Å². The van der Waals surface area contributed by atoms with E-state index in [1.54, 1.807) is 6.07 Å². The van der Waals surface area contributed by atoms with Gasteiger partial charge in [0.15, 0.2) is 0 Å². The molecule has 0 saturated heterocycles. The normalized spacial score (nSPS) is 14.3. The molecule has 1 aliphatic heterocycles. The Hall–Kier alpha value is -2.59. The van der Waals surface area contributed by atoms with E-state index in [9.17, 15) is 5.11 Å². The van der Waals surface area contributed by atoms with Gasteiger partial charge in [0.05, 0.1) is 6.61 Å². The monoisotopic (exact) mass is 348 g/mol. The van der Waals surface area contributed by atoms with Gasteiger partial charge in [-0.15, -0.1) is 0 Å². The Labute approximate surface area is 154 Å². The van der Waals surface area contributed by atoms with E-state index >= 15 is 0 Å². The number of para-hydroxylation sites is 1. The molecule has 4 nitrogen and oxygen atoms in total. The van der Waals surface area contributed by atoms with E-state index in [2.05, 4.69) is 34.1 Å². The molecule has 0 atom stereocenters. The zero-order chi connectivity index (χ0) is 17.8. The number of aromatic hydroxyl groups is 1. The highest BCUT2D eigenvalue weighted by Gasteiger charge is 2.14. The van der Waals surface area contributed by atoms with E-state index in [4.69, 9.17) is 4.74 Å². The summed E-state index contributed by atoms with van der Waals surface area (Å²) >= 11 is 0. The first-order valence-electron chi connectivity index (χ1n) is 9.30. The summed E-state index contributed by atoms with van der Waals surface area (Å²) in [5, 5.41) is 10.8. The van der Waals surface area contributed by atoms with Gasteiger partial charge >= 0.3 is 0 Å². The number of phenols is 1. The van der Waals surface area contributed by atoms with Gasteiger partial charge in [0.1, 0.15) is 11.3 Å². The van der Waals surface area contributed by atoms with Crippen molar-refractivity contribution in [3.8, 4) is 11.6 Å². The van der Waals surface area contributed by atoms with E-state index in [-0.39, 0.29) is 5.75 Å². The third kappa shape index (κ3) is 3.81. The fourth-order valence-electron chi connectivity index (χ4n) is 3.55. The van der Waals surface area contributed by atoms with Crippen LogP contribution >= 0.6 is 0 Å². The second-order valence-electron chi connectivity index (χ2n) is 6.85.